The molecule has 0 atom stereocenters. The maximum atomic E-state index is 2.22. The Kier molecular flexibility index (Phi) is 8.87. The number of benzene rings is 1. The van der Waals surface area contributed by atoms with E-state index in [9.17, 15) is 0 Å². The quantitative estimate of drug-likeness (QED) is 0.377. The van der Waals surface area contributed by atoms with Crippen molar-refractivity contribution >= 4 is 0 Å². The van der Waals surface area contributed by atoms with Crippen molar-refractivity contribution in [2.24, 2.45) is 0 Å². The third kappa shape index (κ3) is 5.53. The molecule has 126 valence electrons. The number of rotatable bonds is 5. The first-order chi connectivity index (χ1) is 10.8. The minimum Gasteiger partial charge on any atom is -1.00 e. The lowest BCUT2D eigenvalue weighted by atomic mass is 10.1. The Balaban J connectivity index is 0.00000144. The van der Waals surface area contributed by atoms with E-state index in [1.807, 2.05) is 0 Å². The van der Waals surface area contributed by atoms with E-state index in [4.69, 9.17) is 0 Å². The Morgan fingerprint density at radius 2 is 1.17 bits per heavy atom. The van der Waals surface area contributed by atoms with Crippen LogP contribution in [0.1, 0.15) is 18.9 Å². The predicted molar refractivity (Wildman–Crippen MR) is 88.1 cm³/mol. The van der Waals surface area contributed by atoms with Gasteiger partial charge in [-0.15, -0.1) is 0 Å². The van der Waals surface area contributed by atoms with Crippen LogP contribution in [0.2, 0.25) is 0 Å². The van der Waals surface area contributed by atoms with Gasteiger partial charge in [0.2, 0.25) is 0 Å². The van der Waals surface area contributed by atoms with Crippen LogP contribution in [0.5, 0.6) is 0 Å². The molecule has 0 radical (unpaired) electrons. The molecule has 2 aromatic heterocycles. The maximum absolute atomic E-state index is 2.22. The largest absolute Gasteiger partial charge is 1.00 e. The molecule has 0 aliphatic carbocycles. The summed E-state index contributed by atoms with van der Waals surface area (Å²) in [6, 6.07) is 19.3. The normalized spacial score (nSPS) is 9.71. The molecular formula is C20H22Br2N2. The molecule has 0 amide bonds. The van der Waals surface area contributed by atoms with E-state index >= 15 is 0 Å². The van der Waals surface area contributed by atoms with Gasteiger partial charge < -0.3 is 34.0 Å². The molecule has 0 N–H and O–H groups in total. The zero-order valence-corrected chi connectivity index (χ0v) is 16.9. The van der Waals surface area contributed by atoms with Crippen LogP contribution in [0.3, 0.4) is 0 Å². The number of aryl methyl sites for hydroxylation is 1. The van der Waals surface area contributed by atoms with Crippen LogP contribution >= 0.6 is 0 Å². The first-order valence-corrected chi connectivity index (χ1v) is 7.87. The highest BCUT2D eigenvalue weighted by atomic mass is 79.9. The summed E-state index contributed by atoms with van der Waals surface area (Å²) in [5.74, 6) is 0. The summed E-state index contributed by atoms with van der Waals surface area (Å²) in [5, 5.41) is 0. The van der Waals surface area contributed by atoms with E-state index in [2.05, 4.69) is 95.4 Å². The Hall–Kier alpha value is -1.52. The Labute approximate surface area is 165 Å². The molecule has 0 spiro atoms. The van der Waals surface area contributed by atoms with Crippen molar-refractivity contribution in [1.29, 1.82) is 0 Å². The number of nitrogens with zero attached hydrogens (tertiary/aromatic N) is 2. The molecule has 3 rings (SSSR count). The van der Waals surface area contributed by atoms with Gasteiger partial charge in [0, 0.05) is 36.2 Å². The van der Waals surface area contributed by atoms with Crippen LogP contribution in [0, 0.1) is 0 Å². The molecule has 3 aromatic rings. The number of halogens is 2. The minimum absolute atomic E-state index is 0. The van der Waals surface area contributed by atoms with E-state index in [1.54, 1.807) is 0 Å². The zero-order chi connectivity index (χ0) is 15.2. The van der Waals surface area contributed by atoms with E-state index in [1.165, 1.54) is 16.7 Å². The molecule has 0 unspecified atom stereocenters. The molecule has 24 heavy (non-hydrogen) atoms. The lowest BCUT2D eigenvalue weighted by Gasteiger charge is -2.01. The molecule has 4 heteroatoms. The number of aromatic nitrogens is 2. The van der Waals surface area contributed by atoms with E-state index in [-0.39, 0.29) is 34.0 Å². The second-order valence-corrected chi connectivity index (χ2v) is 5.57. The summed E-state index contributed by atoms with van der Waals surface area (Å²) in [6.07, 6.45) is 9.77. The van der Waals surface area contributed by atoms with Crippen LogP contribution in [-0.2, 0) is 13.1 Å². The van der Waals surface area contributed by atoms with Gasteiger partial charge >= 0.3 is 0 Å². The maximum Gasteiger partial charge on any atom is 0.173 e. The van der Waals surface area contributed by atoms with Gasteiger partial charge in [-0.05, 0) is 11.1 Å². The predicted octanol–water partition coefficient (Wildman–Crippen LogP) is -2.61. The van der Waals surface area contributed by atoms with Gasteiger partial charge in [-0.3, -0.25) is 0 Å². The van der Waals surface area contributed by atoms with E-state index < -0.39 is 0 Å². The van der Waals surface area contributed by atoms with Crippen LogP contribution < -0.4 is 43.1 Å². The van der Waals surface area contributed by atoms with Gasteiger partial charge in [-0.2, -0.15) is 0 Å². The van der Waals surface area contributed by atoms with Crippen molar-refractivity contribution in [2.45, 2.75) is 26.4 Å². The van der Waals surface area contributed by atoms with Gasteiger partial charge in [0.05, 0.1) is 0 Å². The van der Waals surface area contributed by atoms with Crippen LogP contribution in [0.4, 0.5) is 0 Å². The summed E-state index contributed by atoms with van der Waals surface area (Å²) in [5.41, 5.74) is 3.84. The molecule has 0 fully saturated rings. The average molecular weight is 450 g/mol. The van der Waals surface area contributed by atoms with E-state index in [0.29, 0.717) is 0 Å². The highest BCUT2D eigenvalue weighted by molar-refractivity contribution is 5.60. The third-order valence-electron chi connectivity index (χ3n) is 3.81. The molecule has 2 heterocycles. The molecule has 0 saturated carbocycles. The first-order valence-electron chi connectivity index (χ1n) is 7.87. The second-order valence-electron chi connectivity index (χ2n) is 5.57. The highest BCUT2D eigenvalue weighted by Crippen LogP contribution is 2.15. The van der Waals surface area contributed by atoms with Crippen molar-refractivity contribution in [3.63, 3.8) is 0 Å². The van der Waals surface area contributed by atoms with Crippen molar-refractivity contribution in [2.75, 3.05) is 0 Å². The molecule has 1 aromatic carbocycles. The lowest BCUT2D eigenvalue weighted by Crippen LogP contribution is -3.00. The SMILES string of the molecule is CCC[n+]1ccc(-c2cc[n+](Cc3ccccc3)cc2)cc1.[Br-].[Br-]. The molecule has 0 bridgehead atoms. The summed E-state index contributed by atoms with van der Waals surface area (Å²) in [6.45, 7) is 4.18. The Morgan fingerprint density at radius 1 is 0.667 bits per heavy atom. The van der Waals surface area contributed by atoms with Crippen molar-refractivity contribution in [3.05, 3.63) is 84.9 Å². The van der Waals surface area contributed by atoms with Crippen LogP contribution in [-0.4, -0.2) is 0 Å². The highest BCUT2D eigenvalue weighted by Gasteiger charge is 2.06. The monoisotopic (exact) mass is 448 g/mol. The molecule has 0 aliphatic rings. The number of hydrogen-bond donors (Lipinski definition) is 0. The standard InChI is InChI=1S/C20H22N2.2BrH/c1-2-12-21-13-8-19(9-14-21)20-10-15-22(16-11-20)17-18-6-4-3-5-7-18;;/h3-11,13-16H,2,12,17H2,1H3;2*1H/q+2;;/p-2. The number of pyridine rings is 2. The fourth-order valence-electron chi connectivity index (χ4n) is 2.61. The number of hydrogen-bond acceptors (Lipinski definition) is 0. The van der Waals surface area contributed by atoms with Crippen LogP contribution in [0.15, 0.2) is 79.4 Å². The molecular weight excluding hydrogens is 428 g/mol. The molecule has 2 nitrogen and oxygen atoms in total. The van der Waals surface area contributed by atoms with Gasteiger partial charge in [-0.1, -0.05) is 37.3 Å². The summed E-state index contributed by atoms with van der Waals surface area (Å²) in [7, 11) is 0. The first kappa shape index (κ1) is 20.5. The van der Waals surface area contributed by atoms with Gasteiger partial charge in [-0.25, -0.2) is 9.13 Å². The Bertz CT molecular complexity index is 711. The van der Waals surface area contributed by atoms with Gasteiger partial charge in [0.15, 0.2) is 31.3 Å². The summed E-state index contributed by atoms with van der Waals surface area (Å²) >= 11 is 0. The fourth-order valence-corrected chi connectivity index (χ4v) is 2.61. The zero-order valence-electron chi connectivity index (χ0n) is 13.8. The van der Waals surface area contributed by atoms with Crippen molar-refractivity contribution in [1.82, 2.24) is 0 Å². The van der Waals surface area contributed by atoms with Crippen LogP contribution in [0.25, 0.3) is 11.1 Å². The lowest BCUT2D eigenvalue weighted by molar-refractivity contribution is -0.696. The summed E-state index contributed by atoms with van der Waals surface area (Å²) < 4.78 is 4.43. The van der Waals surface area contributed by atoms with Crippen molar-refractivity contribution in [3.8, 4) is 11.1 Å². The minimum atomic E-state index is 0. The molecule has 0 aliphatic heterocycles. The molecule has 0 saturated heterocycles. The van der Waals surface area contributed by atoms with Gasteiger partial charge in [0.25, 0.3) is 0 Å². The topological polar surface area (TPSA) is 7.76 Å². The summed E-state index contributed by atoms with van der Waals surface area (Å²) in [4.78, 5) is 0. The average Bonchev–Trinajstić information content (AvgIpc) is 2.58. The van der Waals surface area contributed by atoms with E-state index in [0.717, 1.165) is 19.5 Å². The fraction of sp³-hybridized carbons (Fsp3) is 0.200. The van der Waals surface area contributed by atoms with Gasteiger partial charge in [0.1, 0.15) is 6.54 Å². The third-order valence-corrected chi connectivity index (χ3v) is 3.81. The smallest absolute Gasteiger partial charge is 0.173 e. The van der Waals surface area contributed by atoms with Crippen molar-refractivity contribution < 1.29 is 43.1 Å². The second kappa shape index (κ2) is 10.4. The Morgan fingerprint density at radius 3 is 1.67 bits per heavy atom.